The van der Waals surface area contributed by atoms with Crippen LogP contribution in [0.3, 0.4) is 0 Å². The average Bonchev–Trinajstić information content (AvgIpc) is 2.65. The van der Waals surface area contributed by atoms with Crippen LogP contribution in [-0.4, -0.2) is 15.5 Å². The van der Waals surface area contributed by atoms with E-state index >= 15 is 0 Å². The minimum Gasteiger partial charge on any atom is -0.550 e. The van der Waals surface area contributed by atoms with Crippen LogP contribution in [-0.2, 0) is 11.3 Å². The molecule has 0 unspecified atom stereocenters. The predicted molar refractivity (Wildman–Crippen MR) is 63.4 cm³/mol. The number of hydrogen-bond donors (Lipinski definition) is 0. The van der Waals surface area contributed by atoms with Crippen molar-refractivity contribution in [3.8, 4) is 0 Å². The van der Waals surface area contributed by atoms with Gasteiger partial charge in [-0.15, -0.1) is 0 Å². The number of nitrogens with zero attached hydrogens (tertiary/aromatic N) is 2. The number of aryl methyl sites for hydroxylation is 1. The van der Waals surface area contributed by atoms with E-state index in [2.05, 4.69) is 18.8 Å². The molecule has 2 aromatic rings. The summed E-state index contributed by atoms with van der Waals surface area (Å²) in [6, 6.07) is 7.77. The number of aromatic nitrogens is 2. The van der Waals surface area contributed by atoms with E-state index in [0.717, 1.165) is 16.9 Å². The lowest BCUT2D eigenvalue weighted by Gasteiger charge is -2.11. The quantitative estimate of drug-likeness (QED) is 0.797. The summed E-state index contributed by atoms with van der Waals surface area (Å²) in [7, 11) is 0. The summed E-state index contributed by atoms with van der Waals surface area (Å²) in [4.78, 5) is 15.1. The smallest absolute Gasteiger partial charge is 0.112 e. The minimum absolute atomic E-state index is 0.0140. The molecular weight excluding hydrogens is 216 g/mol. The molecule has 0 aliphatic heterocycles. The van der Waals surface area contributed by atoms with Gasteiger partial charge in [0.05, 0.1) is 11.0 Å². The molecule has 17 heavy (non-hydrogen) atoms. The zero-order chi connectivity index (χ0) is 12.4. The third-order valence-corrected chi connectivity index (χ3v) is 2.74. The van der Waals surface area contributed by atoms with Gasteiger partial charge in [0, 0.05) is 24.9 Å². The molecule has 1 aromatic carbocycles. The molecule has 4 heteroatoms. The predicted octanol–water partition coefficient (Wildman–Crippen LogP) is 1.30. The topological polar surface area (TPSA) is 58.0 Å². The summed E-state index contributed by atoms with van der Waals surface area (Å²) >= 11 is 0. The Balaban J connectivity index is 2.48. The summed E-state index contributed by atoms with van der Waals surface area (Å²) in [6.07, 6.45) is 0.0140. The molecule has 0 saturated heterocycles. The maximum atomic E-state index is 10.6. The van der Waals surface area contributed by atoms with Gasteiger partial charge < -0.3 is 14.5 Å². The van der Waals surface area contributed by atoms with Crippen molar-refractivity contribution in [3.63, 3.8) is 0 Å². The molecule has 0 spiro atoms. The maximum Gasteiger partial charge on any atom is 0.112 e. The molecule has 0 aliphatic carbocycles. The van der Waals surface area contributed by atoms with Gasteiger partial charge >= 0.3 is 0 Å². The van der Waals surface area contributed by atoms with Crippen LogP contribution in [0.15, 0.2) is 24.3 Å². The molecule has 0 atom stereocenters. The number of aliphatic carboxylic acids is 1. The second kappa shape index (κ2) is 4.57. The standard InChI is InChI=1S/C13H16N2O2/c1-9(2)13-14-10-5-3-4-6-11(10)15(13)8-7-12(16)17/h3-6,9H,7-8H2,1-2H3,(H,16,17)/p-1. The normalized spacial score (nSPS) is 11.2. The molecule has 0 bridgehead atoms. The molecule has 0 N–H and O–H groups in total. The summed E-state index contributed by atoms with van der Waals surface area (Å²) in [5.74, 6) is 0.161. The van der Waals surface area contributed by atoms with Gasteiger partial charge in [-0.1, -0.05) is 26.0 Å². The second-order valence-corrected chi connectivity index (χ2v) is 4.39. The van der Waals surface area contributed by atoms with Gasteiger partial charge in [0.2, 0.25) is 0 Å². The van der Waals surface area contributed by atoms with Crippen molar-refractivity contribution in [2.75, 3.05) is 0 Å². The van der Waals surface area contributed by atoms with Crippen molar-refractivity contribution in [1.29, 1.82) is 0 Å². The van der Waals surface area contributed by atoms with Crippen LogP contribution in [0, 0.1) is 0 Å². The number of carboxylic acid groups (broad SMARTS) is 1. The van der Waals surface area contributed by atoms with Crippen LogP contribution in [0.5, 0.6) is 0 Å². The Bertz CT molecular complexity index is 543. The Morgan fingerprint density at radius 1 is 1.41 bits per heavy atom. The maximum absolute atomic E-state index is 10.6. The highest BCUT2D eigenvalue weighted by Gasteiger charge is 2.12. The fourth-order valence-electron chi connectivity index (χ4n) is 1.97. The highest BCUT2D eigenvalue weighted by atomic mass is 16.4. The molecule has 0 fully saturated rings. The number of carboxylic acids is 1. The van der Waals surface area contributed by atoms with Crippen molar-refractivity contribution in [2.24, 2.45) is 0 Å². The van der Waals surface area contributed by atoms with Crippen LogP contribution in [0.25, 0.3) is 11.0 Å². The number of benzene rings is 1. The van der Waals surface area contributed by atoms with E-state index in [4.69, 9.17) is 0 Å². The van der Waals surface area contributed by atoms with E-state index in [1.807, 2.05) is 28.8 Å². The lowest BCUT2D eigenvalue weighted by atomic mass is 10.2. The van der Waals surface area contributed by atoms with Gasteiger partial charge in [-0.25, -0.2) is 4.98 Å². The lowest BCUT2D eigenvalue weighted by molar-refractivity contribution is -0.305. The highest BCUT2D eigenvalue weighted by molar-refractivity contribution is 5.76. The first-order chi connectivity index (χ1) is 8.09. The molecule has 2 rings (SSSR count). The van der Waals surface area contributed by atoms with Gasteiger partial charge in [0.25, 0.3) is 0 Å². The number of imidazole rings is 1. The first-order valence-electron chi connectivity index (χ1n) is 5.74. The largest absolute Gasteiger partial charge is 0.550 e. The Hall–Kier alpha value is -1.84. The zero-order valence-electron chi connectivity index (χ0n) is 10.0. The van der Waals surface area contributed by atoms with E-state index in [-0.39, 0.29) is 12.3 Å². The Morgan fingerprint density at radius 3 is 2.76 bits per heavy atom. The van der Waals surface area contributed by atoms with Crippen LogP contribution < -0.4 is 5.11 Å². The van der Waals surface area contributed by atoms with E-state index < -0.39 is 5.97 Å². The van der Waals surface area contributed by atoms with E-state index in [1.165, 1.54) is 0 Å². The summed E-state index contributed by atoms with van der Waals surface area (Å²) in [6.45, 7) is 4.52. The van der Waals surface area contributed by atoms with Crippen molar-refractivity contribution >= 4 is 17.0 Å². The molecule has 4 nitrogen and oxygen atoms in total. The number of para-hydroxylation sites is 2. The van der Waals surface area contributed by atoms with E-state index in [0.29, 0.717) is 6.54 Å². The SMILES string of the molecule is CC(C)c1nc2ccccc2n1CCC(=O)[O-]. The number of hydrogen-bond acceptors (Lipinski definition) is 3. The first-order valence-corrected chi connectivity index (χ1v) is 5.74. The summed E-state index contributed by atoms with van der Waals surface area (Å²) in [5, 5.41) is 10.6. The molecule has 90 valence electrons. The van der Waals surface area contributed by atoms with E-state index in [1.54, 1.807) is 0 Å². The van der Waals surface area contributed by atoms with Gasteiger partial charge in [0.15, 0.2) is 0 Å². The number of fused-ring (bicyclic) bond motifs is 1. The third-order valence-electron chi connectivity index (χ3n) is 2.74. The molecule has 0 amide bonds. The summed E-state index contributed by atoms with van der Waals surface area (Å²) < 4.78 is 1.97. The molecule has 0 radical (unpaired) electrons. The van der Waals surface area contributed by atoms with Gasteiger partial charge in [-0.2, -0.15) is 0 Å². The lowest BCUT2D eigenvalue weighted by Crippen LogP contribution is -2.24. The molecular formula is C13H15N2O2-. The van der Waals surface area contributed by atoms with Crippen molar-refractivity contribution < 1.29 is 9.90 Å². The van der Waals surface area contributed by atoms with Crippen LogP contribution in [0.1, 0.15) is 32.0 Å². The molecule has 1 heterocycles. The van der Waals surface area contributed by atoms with Gasteiger partial charge in [-0.05, 0) is 12.1 Å². The van der Waals surface area contributed by atoms with Gasteiger partial charge in [-0.3, -0.25) is 0 Å². The zero-order valence-corrected chi connectivity index (χ0v) is 10.0. The molecule has 0 aliphatic rings. The van der Waals surface area contributed by atoms with Crippen LogP contribution in [0.2, 0.25) is 0 Å². The van der Waals surface area contributed by atoms with Crippen LogP contribution >= 0.6 is 0 Å². The number of carbonyl (C=O) groups excluding carboxylic acids is 1. The molecule has 1 aromatic heterocycles. The van der Waals surface area contributed by atoms with Crippen molar-refractivity contribution in [1.82, 2.24) is 9.55 Å². The molecule has 0 saturated carbocycles. The Kier molecular flexibility index (Phi) is 3.13. The van der Waals surface area contributed by atoms with E-state index in [9.17, 15) is 9.90 Å². The Morgan fingerprint density at radius 2 is 2.12 bits per heavy atom. The summed E-state index contributed by atoms with van der Waals surface area (Å²) in [5.41, 5.74) is 1.90. The first kappa shape index (κ1) is 11.6. The number of rotatable bonds is 4. The average molecular weight is 231 g/mol. The second-order valence-electron chi connectivity index (χ2n) is 4.39. The number of carbonyl (C=O) groups is 1. The fraction of sp³-hybridized carbons (Fsp3) is 0.385. The van der Waals surface area contributed by atoms with Crippen molar-refractivity contribution in [2.45, 2.75) is 32.7 Å². The highest BCUT2D eigenvalue weighted by Crippen LogP contribution is 2.21. The van der Waals surface area contributed by atoms with Crippen molar-refractivity contribution in [3.05, 3.63) is 30.1 Å². The fourth-order valence-corrected chi connectivity index (χ4v) is 1.97. The third kappa shape index (κ3) is 2.30. The van der Waals surface area contributed by atoms with Gasteiger partial charge in [0.1, 0.15) is 5.82 Å². The monoisotopic (exact) mass is 231 g/mol. The van der Waals surface area contributed by atoms with Crippen LogP contribution in [0.4, 0.5) is 0 Å². The Labute approximate surface area is 99.9 Å². The minimum atomic E-state index is -1.03.